The Morgan fingerprint density at radius 2 is 1.68 bits per heavy atom. The molecule has 0 saturated heterocycles. The largest absolute Gasteiger partial charge is 0.380 e. The minimum atomic E-state index is -3.12. The van der Waals surface area contributed by atoms with Gasteiger partial charge < -0.3 is 10.1 Å². The van der Waals surface area contributed by atoms with E-state index in [1.165, 1.54) is 0 Å². The first kappa shape index (κ1) is 18.8. The molecule has 116 valence electrons. The number of nitrogens with one attached hydrogen (secondary N) is 2. The molecule has 2 N–H and O–H groups in total. The molecule has 0 rings (SSSR count). The molecule has 0 amide bonds. The SMILES string of the molecule is CCCCOCCNS(=O)(=O)CCCCNCCC. The van der Waals surface area contributed by atoms with E-state index >= 15 is 0 Å². The Balaban J connectivity index is 3.42. The zero-order valence-corrected chi connectivity index (χ0v) is 13.2. The lowest BCUT2D eigenvalue weighted by Gasteiger charge is -2.07. The molecule has 0 saturated carbocycles. The number of ether oxygens (including phenoxy) is 1. The van der Waals surface area contributed by atoms with Crippen molar-refractivity contribution < 1.29 is 13.2 Å². The normalized spacial score (nSPS) is 11.9. The van der Waals surface area contributed by atoms with Gasteiger partial charge in [0.05, 0.1) is 12.4 Å². The van der Waals surface area contributed by atoms with Crippen LogP contribution in [0.3, 0.4) is 0 Å². The second-order valence-corrected chi connectivity index (χ2v) is 6.56. The molecule has 0 atom stereocenters. The fourth-order valence-corrected chi connectivity index (χ4v) is 2.66. The molecule has 19 heavy (non-hydrogen) atoms. The molecule has 5 nitrogen and oxygen atoms in total. The second-order valence-electron chi connectivity index (χ2n) is 4.64. The summed E-state index contributed by atoms with van der Waals surface area (Å²) in [6.45, 7) is 7.65. The van der Waals surface area contributed by atoms with Crippen LogP contribution in [0.15, 0.2) is 0 Å². The Morgan fingerprint density at radius 1 is 0.895 bits per heavy atom. The van der Waals surface area contributed by atoms with Gasteiger partial charge in [-0.15, -0.1) is 0 Å². The summed E-state index contributed by atoms with van der Waals surface area (Å²) in [7, 11) is -3.12. The Morgan fingerprint density at radius 3 is 2.37 bits per heavy atom. The zero-order valence-electron chi connectivity index (χ0n) is 12.4. The van der Waals surface area contributed by atoms with E-state index in [1.54, 1.807) is 0 Å². The average molecular weight is 294 g/mol. The highest BCUT2D eigenvalue weighted by Gasteiger charge is 2.08. The topological polar surface area (TPSA) is 67.4 Å². The van der Waals surface area contributed by atoms with Crippen molar-refractivity contribution in [2.24, 2.45) is 0 Å². The van der Waals surface area contributed by atoms with E-state index in [1.807, 2.05) is 0 Å². The van der Waals surface area contributed by atoms with Gasteiger partial charge in [-0.3, -0.25) is 0 Å². The van der Waals surface area contributed by atoms with Crippen LogP contribution in [0, 0.1) is 0 Å². The van der Waals surface area contributed by atoms with Crippen LogP contribution in [0.5, 0.6) is 0 Å². The maximum absolute atomic E-state index is 11.6. The molecule has 0 unspecified atom stereocenters. The molecule has 6 heteroatoms. The van der Waals surface area contributed by atoms with Gasteiger partial charge in [-0.2, -0.15) is 0 Å². The summed E-state index contributed by atoms with van der Waals surface area (Å²) in [5.41, 5.74) is 0. The van der Waals surface area contributed by atoms with Crippen LogP contribution in [0.4, 0.5) is 0 Å². The first-order valence-electron chi connectivity index (χ1n) is 7.38. The lowest BCUT2D eigenvalue weighted by atomic mass is 10.3. The molecular formula is C13H30N2O3S. The Hall–Kier alpha value is -0.170. The van der Waals surface area contributed by atoms with Crippen molar-refractivity contribution in [1.29, 1.82) is 0 Å². The van der Waals surface area contributed by atoms with Crippen molar-refractivity contribution in [3.8, 4) is 0 Å². The number of hydrogen-bond donors (Lipinski definition) is 2. The first-order chi connectivity index (χ1) is 9.12. The van der Waals surface area contributed by atoms with Crippen molar-refractivity contribution in [2.75, 3.05) is 38.6 Å². The van der Waals surface area contributed by atoms with Crippen LogP contribution in [-0.4, -0.2) is 47.0 Å². The Kier molecular flexibility index (Phi) is 12.7. The smallest absolute Gasteiger partial charge is 0.211 e. The molecule has 0 heterocycles. The van der Waals surface area contributed by atoms with E-state index in [2.05, 4.69) is 23.9 Å². The lowest BCUT2D eigenvalue weighted by molar-refractivity contribution is 0.136. The van der Waals surface area contributed by atoms with Gasteiger partial charge in [0, 0.05) is 13.2 Å². The summed E-state index contributed by atoms with van der Waals surface area (Å²) in [5, 5.41) is 3.26. The van der Waals surface area contributed by atoms with Gasteiger partial charge >= 0.3 is 0 Å². The summed E-state index contributed by atoms with van der Waals surface area (Å²) in [6.07, 6.45) is 4.82. The predicted molar refractivity (Wildman–Crippen MR) is 79.9 cm³/mol. The van der Waals surface area contributed by atoms with Crippen molar-refractivity contribution in [2.45, 2.75) is 46.0 Å². The summed E-state index contributed by atoms with van der Waals surface area (Å²) in [4.78, 5) is 0. The van der Waals surface area contributed by atoms with Crippen molar-refractivity contribution in [1.82, 2.24) is 10.0 Å². The minimum absolute atomic E-state index is 0.204. The third kappa shape index (κ3) is 14.1. The highest BCUT2D eigenvalue weighted by atomic mass is 32.2. The quantitative estimate of drug-likeness (QED) is 0.477. The standard InChI is InChI=1S/C13H30N2O3S/c1-3-5-11-18-12-10-15-19(16,17)13-7-6-9-14-8-4-2/h14-15H,3-13H2,1-2H3. The van der Waals surface area contributed by atoms with Crippen LogP contribution in [-0.2, 0) is 14.8 Å². The van der Waals surface area contributed by atoms with E-state index in [0.717, 1.165) is 38.8 Å². The highest BCUT2D eigenvalue weighted by molar-refractivity contribution is 7.89. The second kappa shape index (κ2) is 12.8. The molecule has 0 aliphatic rings. The summed E-state index contributed by atoms with van der Waals surface area (Å²) < 4.78 is 31.1. The lowest BCUT2D eigenvalue weighted by Crippen LogP contribution is -2.30. The molecule has 0 aliphatic carbocycles. The molecule has 0 aromatic heterocycles. The highest BCUT2D eigenvalue weighted by Crippen LogP contribution is 1.94. The van der Waals surface area contributed by atoms with Crippen molar-refractivity contribution >= 4 is 10.0 Å². The fourth-order valence-electron chi connectivity index (χ4n) is 1.53. The summed E-state index contributed by atoms with van der Waals surface area (Å²) >= 11 is 0. The molecule has 0 aromatic rings. The van der Waals surface area contributed by atoms with Gasteiger partial charge in [0.25, 0.3) is 0 Å². The molecule has 0 radical (unpaired) electrons. The summed E-state index contributed by atoms with van der Waals surface area (Å²) in [6, 6.07) is 0. The summed E-state index contributed by atoms with van der Waals surface area (Å²) in [5.74, 6) is 0.204. The third-order valence-electron chi connectivity index (χ3n) is 2.65. The van der Waals surface area contributed by atoms with Crippen LogP contribution in [0.25, 0.3) is 0 Å². The number of unbranched alkanes of at least 4 members (excludes halogenated alkanes) is 2. The van der Waals surface area contributed by atoms with Crippen LogP contribution < -0.4 is 10.0 Å². The van der Waals surface area contributed by atoms with Crippen LogP contribution in [0.1, 0.15) is 46.0 Å². The maximum Gasteiger partial charge on any atom is 0.211 e. The van der Waals surface area contributed by atoms with Crippen LogP contribution >= 0.6 is 0 Å². The van der Waals surface area contributed by atoms with E-state index in [4.69, 9.17) is 4.74 Å². The van der Waals surface area contributed by atoms with E-state index in [-0.39, 0.29) is 5.75 Å². The van der Waals surface area contributed by atoms with E-state index in [0.29, 0.717) is 26.2 Å². The third-order valence-corrected chi connectivity index (χ3v) is 4.12. The van der Waals surface area contributed by atoms with E-state index < -0.39 is 10.0 Å². The minimum Gasteiger partial charge on any atom is -0.380 e. The molecule has 0 fully saturated rings. The van der Waals surface area contributed by atoms with Crippen LogP contribution in [0.2, 0.25) is 0 Å². The zero-order chi connectivity index (χ0) is 14.4. The van der Waals surface area contributed by atoms with Gasteiger partial charge in [-0.25, -0.2) is 13.1 Å². The average Bonchev–Trinajstić information content (AvgIpc) is 2.38. The van der Waals surface area contributed by atoms with Gasteiger partial charge in [-0.1, -0.05) is 20.3 Å². The van der Waals surface area contributed by atoms with Crippen molar-refractivity contribution in [3.63, 3.8) is 0 Å². The van der Waals surface area contributed by atoms with E-state index in [9.17, 15) is 8.42 Å². The number of hydrogen-bond acceptors (Lipinski definition) is 4. The van der Waals surface area contributed by atoms with Crippen molar-refractivity contribution in [3.05, 3.63) is 0 Å². The number of sulfonamides is 1. The van der Waals surface area contributed by atoms with Gasteiger partial charge in [0.1, 0.15) is 0 Å². The first-order valence-corrected chi connectivity index (χ1v) is 9.03. The fraction of sp³-hybridized carbons (Fsp3) is 1.00. The molecular weight excluding hydrogens is 264 g/mol. The van der Waals surface area contributed by atoms with Gasteiger partial charge in [-0.05, 0) is 38.8 Å². The molecule has 0 spiro atoms. The number of rotatable bonds is 14. The van der Waals surface area contributed by atoms with Gasteiger partial charge in [0.2, 0.25) is 10.0 Å². The molecule has 0 aromatic carbocycles. The Bertz CT molecular complexity index is 260. The predicted octanol–water partition coefficient (Wildman–Crippen LogP) is 1.50. The van der Waals surface area contributed by atoms with Gasteiger partial charge in [0.15, 0.2) is 0 Å². The molecule has 0 aliphatic heterocycles. The Labute approximate surface area is 118 Å². The molecule has 0 bridgehead atoms. The monoisotopic (exact) mass is 294 g/mol. The maximum atomic E-state index is 11.6.